The lowest BCUT2D eigenvalue weighted by molar-refractivity contribution is 0.0727. The van der Waals surface area contributed by atoms with Gasteiger partial charge in [0.25, 0.3) is 5.91 Å². The molecular formula is C36H30N8O4. The Morgan fingerprint density at radius 1 is 0.625 bits per heavy atom. The number of rotatable bonds is 8. The number of fused-ring (bicyclic) bond motifs is 2. The summed E-state index contributed by atoms with van der Waals surface area (Å²) in [5, 5.41) is 41.2. The van der Waals surface area contributed by atoms with Crippen LogP contribution in [0.5, 0.6) is 11.5 Å². The number of benzene rings is 5. The smallest absolute Gasteiger partial charge is 0.254 e. The number of hydrogen-bond donors (Lipinski definition) is 3. The van der Waals surface area contributed by atoms with Gasteiger partial charge in [-0.2, -0.15) is 0 Å². The number of aromatic hydroxyl groups is 2. The highest BCUT2D eigenvalue weighted by Gasteiger charge is 2.24. The van der Waals surface area contributed by atoms with Gasteiger partial charge in [-0.25, -0.2) is 0 Å². The summed E-state index contributed by atoms with van der Waals surface area (Å²) >= 11 is 0. The van der Waals surface area contributed by atoms with E-state index in [2.05, 4.69) is 20.4 Å². The molecule has 0 aliphatic heterocycles. The van der Waals surface area contributed by atoms with Crippen molar-refractivity contribution in [1.29, 1.82) is 0 Å². The third-order valence-electron chi connectivity index (χ3n) is 8.06. The molecule has 2 aromatic heterocycles. The Kier molecular flexibility index (Phi) is 7.52. The van der Waals surface area contributed by atoms with Gasteiger partial charge in [-0.05, 0) is 85.6 Å². The van der Waals surface area contributed by atoms with Crippen molar-refractivity contribution in [3.63, 3.8) is 0 Å². The maximum atomic E-state index is 14.2. The van der Waals surface area contributed by atoms with E-state index in [0.717, 1.165) is 11.1 Å². The molecule has 2 amide bonds. The second-order valence-electron chi connectivity index (χ2n) is 11.6. The van der Waals surface area contributed by atoms with Crippen molar-refractivity contribution in [2.45, 2.75) is 26.9 Å². The molecule has 0 atom stereocenters. The van der Waals surface area contributed by atoms with Gasteiger partial charge in [0.05, 0.1) is 13.1 Å². The first-order valence-electron chi connectivity index (χ1n) is 15.1. The van der Waals surface area contributed by atoms with E-state index in [0.29, 0.717) is 50.1 Å². The van der Waals surface area contributed by atoms with Crippen LogP contribution in [0.1, 0.15) is 43.0 Å². The van der Waals surface area contributed by atoms with E-state index in [-0.39, 0.29) is 30.2 Å². The van der Waals surface area contributed by atoms with Crippen LogP contribution in [-0.2, 0) is 13.1 Å². The van der Waals surface area contributed by atoms with Crippen molar-refractivity contribution < 1.29 is 19.8 Å². The molecule has 2 heterocycles. The minimum Gasteiger partial charge on any atom is -0.505 e. The van der Waals surface area contributed by atoms with E-state index in [1.165, 1.54) is 38.8 Å². The molecule has 0 aliphatic carbocycles. The van der Waals surface area contributed by atoms with Crippen molar-refractivity contribution in [1.82, 2.24) is 34.9 Å². The lowest BCUT2D eigenvalue weighted by Crippen LogP contribution is -2.30. The molecule has 7 rings (SSSR count). The van der Waals surface area contributed by atoms with E-state index in [1.54, 1.807) is 24.3 Å². The van der Waals surface area contributed by atoms with Crippen LogP contribution < -0.4 is 5.73 Å². The molecule has 48 heavy (non-hydrogen) atoms. The number of carbonyl (C=O) groups is 2. The standard InChI is InChI=1S/C36H30N8O4/c1-21-15-25(33(45)31(17-21)43-38-27-7-3-4-8-28(27)39-43)19-42(36(48)24-13-11-23(12-14-24)35(37)47)20-26-16-22(2)18-32(34(26)46)44-40-29-9-5-6-10-30(29)41-44/h3-18,45-46H,19-20H2,1-2H3,(H2,37,47). The van der Waals surface area contributed by atoms with Gasteiger partial charge in [0.1, 0.15) is 44.9 Å². The SMILES string of the molecule is Cc1cc(CN(Cc2cc(C)cc(-n3nc4ccccc4n3)c2O)C(=O)c2ccc(C(N)=O)cc2)c(O)c(-n2nc3ccccc3n2)c1. The third kappa shape index (κ3) is 5.66. The normalized spacial score (nSPS) is 11.3. The number of hydrogen-bond acceptors (Lipinski definition) is 8. The van der Waals surface area contributed by atoms with Gasteiger partial charge < -0.3 is 20.8 Å². The molecule has 0 saturated heterocycles. The van der Waals surface area contributed by atoms with Crippen molar-refractivity contribution in [3.05, 3.63) is 130 Å². The largest absolute Gasteiger partial charge is 0.505 e. The Balaban J connectivity index is 1.30. The zero-order valence-electron chi connectivity index (χ0n) is 26.1. The molecule has 5 aromatic carbocycles. The molecule has 0 radical (unpaired) electrons. The molecule has 12 heteroatoms. The number of phenols is 2. The monoisotopic (exact) mass is 638 g/mol. The predicted octanol–water partition coefficient (Wildman–Crippen LogP) is 5.12. The minimum absolute atomic E-state index is 0.0374. The molecule has 0 unspecified atom stereocenters. The summed E-state index contributed by atoms with van der Waals surface area (Å²) in [6.07, 6.45) is 0. The Hall–Kier alpha value is -6.56. The van der Waals surface area contributed by atoms with Gasteiger partial charge in [-0.3, -0.25) is 9.59 Å². The average Bonchev–Trinajstić information content (AvgIpc) is 3.71. The molecule has 0 aliphatic rings. The second-order valence-corrected chi connectivity index (χ2v) is 11.6. The molecule has 4 N–H and O–H groups in total. The number of primary amides is 1. The van der Waals surface area contributed by atoms with Crippen molar-refractivity contribution in [3.8, 4) is 22.9 Å². The molecule has 7 aromatic rings. The van der Waals surface area contributed by atoms with Crippen LogP contribution in [-0.4, -0.2) is 56.9 Å². The number of aromatic nitrogens is 6. The lowest BCUT2D eigenvalue weighted by atomic mass is 10.0. The minimum atomic E-state index is -0.611. The second kappa shape index (κ2) is 12.0. The molecule has 0 saturated carbocycles. The fraction of sp³-hybridized carbons (Fsp3) is 0.111. The van der Waals surface area contributed by atoms with Crippen LogP contribution >= 0.6 is 0 Å². The van der Waals surface area contributed by atoms with E-state index in [4.69, 9.17) is 5.73 Å². The zero-order valence-corrected chi connectivity index (χ0v) is 26.1. The predicted molar refractivity (Wildman–Crippen MR) is 179 cm³/mol. The maximum absolute atomic E-state index is 14.2. The van der Waals surface area contributed by atoms with Crippen molar-refractivity contribution >= 4 is 33.9 Å². The average molecular weight is 639 g/mol. The fourth-order valence-corrected chi connectivity index (χ4v) is 5.72. The Bertz CT molecular complexity index is 2160. The summed E-state index contributed by atoms with van der Waals surface area (Å²) in [7, 11) is 0. The summed E-state index contributed by atoms with van der Waals surface area (Å²) in [5.41, 5.74) is 11.9. The van der Waals surface area contributed by atoms with Crippen molar-refractivity contribution in [2.24, 2.45) is 5.73 Å². The molecule has 0 fully saturated rings. The summed E-state index contributed by atoms with van der Waals surface area (Å²) in [5.74, 6) is -1.20. The highest BCUT2D eigenvalue weighted by Crippen LogP contribution is 2.33. The van der Waals surface area contributed by atoms with Gasteiger partial charge in [0.15, 0.2) is 0 Å². The van der Waals surface area contributed by atoms with Crippen LogP contribution in [0.3, 0.4) is 0 Å². The quantitative estimate of drug-likeness (QED) is 0.206. The van der Waals surface area contributed by atoms with Crippen LogP contribution in [0.2, 0.25) is 0 Å². The molecule has 12 nitrogen and oxygen atoms in total. The Morgan fingerprint density at radius 2 is 1.00 bits per heavy atom. The van der Waals surface area contributed by atoms with Gasteiger partial charge in [0.2, 0.25) is 5.91 Å². The van der Waals surface area contributed by atoms with E-state index >= 15 is 0 Å². The van der Waals surface area contributed by atoms with Gasteiger partial charge in [-0.1, -0.05) is 36.4 Å². The Morgan fingerprint density at radius 3 is 1.38 bits per heavy atom. The molecule has 238 valence electrons. The Labute approximate surface area is 274 Å². The van der Waals surface area contributed by atoms with E-state index in [9.17, 15) is 19.8 Å². The summed E-state index contributed by atoms with van der Waals surface area (Å²) in [4.78, 5) is 30.1. The van der Waals surface area contributed by atoms with E-state index in [1.807, 2.05) is 62.4 Å². The summed E-state index contributed by atoms with van der Waals surface area (Å²) in [6.45, 7) is 3.68. The first-order valence-corrected chi connectivity index (χ1v) is 15.1. The van der Waals surface area contributed by atoms with Gasteiger partial charge in [-0.15, -0.1) is 30.0 Å². The van der Waals surface area contributed by atoms with Gasteiger partial charge >= 0.3 is 0 Å². The number of amides is 2. The zero-order chi connectivity index (χ0) is 33.5. The van der Waals surface area contributed by atoms with Crippen LogP contribution in [0.15, 0.2) is 97.1 Å². The van der Waals surface area contributed by atoms with Crippen LogP contribution in [0.4, 0.5) is 0 Å². The number of carbonyl (C=O) groups excluding carboxylic acids is 2. The topological polar surface area (TPSA) is 165 Å². The molecule has 0 bridgehead atoms. The van der Waals surface area contributed by atoms with Crippen LogP contribution in [0, 0.1) is 13.8 Å². The number of phenolic OH excluding ortho intramolecular Hbond substituents is 2. The lowest BCUT2D eigenvalue weighted by Gasteiger charge is -2.25. The number of aryl methyl sites for hydroxylation is 2. The molecular weight excluding hydrogens is 608 g/mol. The first-order chi connectivity index (χ1) is 23.1. The van der Waals surface area contributed by atoms with E-state index < -0.39 is 11.8 Å². The highest BCUT2D eigenvalue weighted by molar-refractivity contribution is 5.97. The van der Waals surface area contributed by atoms with Crippen molar-refractivity contribution in [2.75, 3.05) is 0 Å². The maximum Gasteiger partial charge on any atom is 0.254 e. The number of nitrogens with two attached hydrogens (primary N) is 1. The van der Waals surface area contributed by atoms with Crippen LogP contribution in [0.25, 0.3) is 33.4 Å². The first kappa shape index (κ1) is 30.1. The third-order valence-corrected chi connectivity index (χ3v) is 8.06. The van der Waals surface area contributed by atoms with Gasteiger partial charge in [0, 0.05) is 22.3 Å². The molecule has 0 spiro atoms. The summed E-state index contributed by atoms with van der Waals surface area (Å²) in [6, 6.07) is 27.9. The summed E-state index contributed by atoms with van der Waals surface area (Å²) < 4.78 is 0. The highest BCUT2D eigenvalue weighted by atomic mass is 16.3. The fourth-order valence-electron chi connectivity index (χ4n) is 5.72. The number of nitrogens with zero attached hydrogens (tertiary/aromatic N) is 7.